The fourth-order valence-electron chi connectivity index (χ4n) is 1.83. The van der Waals surface area contributed by atoms with Gasteiger partial charge in [-0.3, -0.25) is 4.79 Å². The third-order valence-corrected chi connectivity index (χ3v) is 4.27. The summed E-state index contributed by atoms with van der Waals surface area (Å²) in [7, 11) is 0. The van der Waals surface area contributed by atoms with Gasteiger partial charge in [0.05, 0.1) is 11.8 Å². The molecule has 4 heteroatoms. The second kappa shape index (κ2) is 5.11. The van der Waals surface area contributed by atoms with Gasteiger partial charge in [-0.05, 0) is 18.6 Å². The highest BCUT2D eigenvalue weighted by atomic mass is 35.5. The van der Waals surface area contributed by atoms with Crippen LogP contribution in [0.3, 0.4) is 0 Å². The Kier molecular flexibility index (Phi) is 3.77. The third kappa shape index (κ3) is 2.53. The smallest absolute Gasteiger partial charge is 0.227 e. The first kappa shape index (κ1) is 11.8. The molecule has 0 N–H and O–H groups in total. The maximum absolute atomic E-state index is 12.0. The van der Waals surface area contributed by atoms with Crippen molar-refractivity contribution < 1.29 is 4.79 Å². The van der Waals surface area contributed by atoms with Gasteiger partial charge in [-0.25, -0.2) is 0 Å². The maximum atomic E-state index is 12.0. The second-order valence-electron chi connectivity index (χ2n) is 3.83. The van der Waals surface area contributed by atoms with Crippen molar-refractivity contribution in [1.82, 2.24) is 4.90 Å². The van der Waals surface area contributed by atoms with Crippen molar-refractivity contribution in [3.8, 4) is 0 Å². The number of benzene rings is 1. The topological polar surface area (TPSA) is 20.3 Å². The first-order valence-electron chi connectivity index (χ1n) is 5.33. The molecule has 0 aliphatic carbocycles. The fourth-order valence-corrected chi connectivity index (χ4v) is 3.08. The zero-order valence-corrected chi connectivity index (χ0v) is 10.7. The Balaban J connectivity index is 2.05. The summed E-state index contributed by atoms with van der Waals surface area (Å²) in [5.41, 5.74) is 0.915. The Morgan fingerprint density at radius 1 is 1.56 bits per heavy atom. The van der Waals surface area contributed by atoms with Crippen molar-refractivity contribution in [2.45, 2.75) is 18.7 Å². The van der Waals surface area contributed by atoms with Crippen molar-refractivity contribution in [2.24, 2.45) is 0 Å². The first-order valence-corrected chi connectivity index (χ1v) is 6.75. The molecule has 1 fully saturated rings. The highest BCUT2D eigenvalue weighted by molar-refractivity contribution is 8.00. The van der Waals surface area contributed by atoms with Crippen LogP contribution in [0.4, 0.5) is 0 Å². The Labute approximate surface area is 105 Å². The molecule has 2 nitrogen and oxygen atoms in total. The van der Waals surface area contributed by atoms with Crippen LogP contribution in [0.2, 0.25) is 5.02 Å². The first-order chi connectivity index (χ1) is 7.68. The van der Waals surface area contributed by atoms with Gasteiger partial charge in [-0.1, -0.05) is 29.8 Å². The van der Waals surface area contributed by atoms with E-state index in [1.807, 2.05) is 40.9 Å². The van der Waals surface area contributed by atoms with Crippen LogP contribution >= 0.6 is 23.4 Å². The molecule has 16 heavy (non-hydrogen) atoms. The Morgan fingerprint density at radius 2 is 2.31 bits per heavy atom. The van der Waals surface area contributed by atoms with E-state index in [-0.39, 0.29) is 5.91 Å². The standard InChI is InChI=1S/C12H14ClNOS/c1-9-14(6-7-16-9)12(15)8-10-4-2-3-5-11(10)13/h2-5,9H,6-8H2,1H3. The predicted octanol–water partition coefficient (Wildman–Crippen LogP) is 2.80. The predicted molar refractivity (Wildman–Crippen MR) is 68.8 cm³/mol. The van der Waals surface area contributed by atoms with Gasteiger partial charge in [-0.2, -0.15) is 0 Å². The van der Waals surface area contributed by atoms with E-state index >= 15 is 0 Å². The van der Waals surface area contributed by atoms with Crippen molar-refractivity contribution in [2.75, 3.05) is 12.3 Å². The van der Waals surface area contributed by atoms with Gasteiger partial charge in [-0.15, -0.1) is 11.8 Å². The molecular formula is C12H14ClNOS. The van der Waals surface area contributed by atoms with Crippen molar-refractivity contribution in [3.05, 3.63) is 34.9 Å². The minimum Gasteiger partial charge on any atom is -0.330 e. The molecule has 0 bridgehead atoms. The van der Waals surface area contributed by atoms with E-state index in [2.05, 4.69) is 6.92 Å². The largest absolute Gasteiger partial charge is 0.330 e. The van der Waals surface area contributed by atoms with Crippen LogP contribution in [0.5, 0.6) is 0 Å². The number of hydrogen-bond acceptors (Lipinski definition) is 2. The number of carbonyl (C=O) groups excluding carboxylic acids is 1. The average molecular weight is 256 g/mol. The number of carbonyl (C=O) groups is 1. The molecule has 0 saturated carbocycles. The lowest BCUT2D eigenvalue weighted by Gasteiger charge is -2.20. The summed E-state index contributed by atoms with van der Waals surface area (Å²) in [6.07, 6.45) is 0.407. The molecule has 2 rings (SSSR count). The number of rotatable bonds is 2. The van der Waals surface area contributed by atoms with Gasteiger partial charge in [0.1, 0.15) is 0 Å². The summed E-state index contributed by atoms with van der Waals surface area (Å²) in [6, 6.07) is 7.53. The van der Waals surface area contributed by atoms with Crippen LogP contribution in [0, 0.1) is 0 Å². The summed E-state index contributed by atoms with van der Waals surface area (Å²) in [5.74, 6) is 1.21. The molecular weight excluding hydrogens is 242 g/mol. The third-order valence-electron chi connectivity index (χ3n) is 2.75. The Morgan fingerprint density at radius 3 is 2.94 bits per heavy atom. The highest BCUT2D eigenvalue weighted by Crippen LogP contribution is 2.24. The molecule has 1 unspecified atom stereocenters. The Bertz CT molecular complexity index is 396. The molecule has 0 radical (unpaired) electrons. The summed E-state index contributed by atoms with van der Waals surface area (Å²) in [5, 5.41) is 0.977. The number of nitrogens with zero attached hydrogens (tertiary/aromatic N) is 1. The molecule has 1 amide bonds. The van der Waals surface area contributed by atoms with Gasteiger partial charge >= 0.3 is 0 Å². The monoisotopic (exact) mass is 255 g/mol. The SMILES string of the molecule is CC1SCCN1C(=O)Cc1ccccc1Cl. The fraction of sp³-hybridized carbons (Fsp3) is 0.417. The van der Waals surface area contributed by atoms with E-state index in [4.69, 9.17) is 11.6 Å². The molecule has 1 atom stereocenters. The zero-order chi connectivity index (χ0) is 11.5. The van der Waals surface area contributed by atoms with Crippen LogP contribution in [0.1, 0.15) is 12.5 Å². The molecule has 0 spiro atoms. The van der Waals surface area contributed by atoms with Crippen LogP contribution in [0.15, 0.2) is 24.3 Å². The van der Waals surface area contributed by atoms with E-state index in [1.165, 1.54) is 0 Å². The van der Waals surface area contributed by atoms with E-state index in [1.54, 1.807) is 0 Å². The molecule has 1 heterocycles. The minimum atomic E-state index is 0.172. The molecule has 0 aromatic heterocycles. The van der Waals surface area contributed by atoms with Crippen molar-refractivity contribution in [3.63, 3.8) is 0 Å². The second-order valence-corrected chi connectivity index (χ2v) is 5.66. The number of thioether (sulfide) groups is 1. The lowest BCUT2D eigenvalue weighted by atomic mass is 10.1. The summed E-state index contributed by atoms with van der Waals surface area (Å²) in [4.78, 5) is 14.0. The summed E-state index contributed by atoms with van der Waals surface area (Å²) >= 11 is 7.86. The van der Waals surface area contributed by atoms with Gasteiger partial charge < -0.3 is 4.90 Å². The van der Waals surface area contributed by atoms with Crippen LogP contribution < -0.4 is 0 Å². The van der Waals surface area contributed by atoms with Gasteiger partial charge in [0.15, 0.2) is 0 Å². The van der Waals surface area contributed by atoms with Crippen LogP contribution in [0.25, 0.3) is 0 Å². The Hall–Kier alpha value is -0.670. The maximum Gasteiger partial charge on any atom is 0.227 e. The average Bonchev–Trinajstić information content (AvgIpc) is 2.68. The van der Waals surface area contributed by atoms with Crippen LogP contribution in [-0.4, -0.2) is 28.5 Å². The molecule has 1 saturated heterocycles. The van der Waals surface area contributed by atoms with E-state index in [0.29, 0.717) is 16.8 Å². The lowest BCUT2D eigenvalue weighted by Crippen LogP contribution is -2.34. The van der Waals surface area contributed by atoms with E-state index in [0.717, 1.165) is 17.9 Å². The number of hydrogen-bond donors (Lipinski definition) is 0. The zero-order valence-electron chi connectivity index (χ0n) is 9.15. The number of amides is 1. The molecule has 86 valence electrons. The van der Waals surface area contributed by atoms with E-state index < -0.39 is 0 Å². The molecule has 1 aromatic rings. The summed E-state index contributed by atoms with van der Waals surface area (Å²) in [6.45, 7) is 2.93. The number of halogens is 1. The van der Waals surface area contributed by atoms with E-state index in [9.17, 15) is 4.79 Å². The molecule has 1 aromatic carbocycles. The van der Waals surface area contributed by atoms with Crippen molar-refractivity contribution in [1.29, 1.82) is 0 Å². The van der Waals surface area contributed by atoms with Gasteiger partial charge in [0.2, 0.25) is 5.91 Å². The highest BCUT2D eigenvalue weighted by Gasteiger charge is 2.25. The van der Waals surface area contributed by atoms with Crippen LogP contribution in [-0.2, 0) is 11.2 Å². The summed E-state index contributed by atoms with van der Waals surface area (Å²) < 4.78 is 0. The molecule has 1 aliphatic heterocycles. The van der Waals surface area contributed by atoms with Gasteiger partial charge in [0.25, 0.3) is 0 Å². The normalized spacial score (nSPS) is 20.1. The van der Waals surface area contributed by atoms with Gasteiger partial charge in [0, 0.05) is 17.3 Å². The lowest BCUT2D eigenvalue weighted by molar-refractivity contribution is -0.130. The quantitative estimate of drug-likeness (QED) is 0.810. The molecule has 1 aliphatic rings. The minimum absolute atomic E-state index is 0.172. The van der Waals surface area contributed by atoms with Crippen molar-refractivity contribution >= 4 is 29.3 Å².